The lowest BCUT2D eigenvalue weighted by atomic mass is 9.85. The summed E-state index contributed by atoms with van der Waals surface area (Å²) >= 11 is 0. The van der Waals surface area contributed by atoms with Crippen LogP contribution in [0.2, 0.25) is 0 Å². The van der Waals surface area contributed by atoms with Gasteiger partial charge in [0.1, 0.15) is 0 Å². The van der Waals surface area contributed by atoms with Gasteiger partial charge in [0.15, 0.2) is 5.82 Å². The molecule has 0 aromatic carbocycles. The minimum absolute atomic E-state index is 0.353. The first-order valence-electron chi connectivity index (χ1n) is 8.94. The first-order chi connectivity index (χ1) is 11.6. The Morgan fingerprint density at radius 1 is 1.04 bits per heavy atom. The summed E-state index contributed by atoms with van der Waals surface area (Å²) in [4.78, 5) is 5.06. The van der Waals surface area contributed by atoms with E-state index in [1.807, 2.05) is 24.9 Å². The number of anilines is 1. The van der Waals surface area contributed by atoms with Crippen LogP contribution in [-0.2, 0) is 13.6 Å². The SMILES string of the molecule is Cc1ccc(N2CCC3(CCCN3Cc3ccn(C)n3)CC2)nn1. The van der Waals surface area contributed by atoms with E-state index >= 15 is 0 Å². The molecule has 24 heavy (non-hydrogen) atoms. The van der Waals surface area contributed by atoms with Gasteiger partial charge in [0.2, 0.25) is 0 Å². The third-order valence-electron chi connectivity index (χ3n) is 5.66. The van der Waals surface area contributed by atoms with Crippen molar-refractivity contribution < 1.29 is 0 Å². The van der Waals surface area contributed by atoms with Gasteiger partial charge in [-0.3, -0.25) is 9.58 Å². The summed E-state index contributed by atoms with van der Waals surface area (Å²) in [5.41, 5.74) is 2.52. The number of nitrogens with zero attached hydrogens (tertiary/aromatic N) is 6. The van der Waals surface area contributed by atoms with Gasteiger partial charge in [0.05, 0.1) is 11.4 Å². The number of rotatable bonds is 3. The summed E-state index contributed by atoms with van der Waals surface area (Å²) in [7, 11) is 1.99. The maximum atomic E-state index is 4.57. The second-order valence-corrected chi connectivity index (χ2v) is 7.25. The molecule has 0 unspecified atom stereocenters. The maximum Gasteiger partial charge on any atom is 0.151 e. The molecule has 2 saturated heterocycles. The summed E-state index contributed by atoms with van der Waals surface area (Å²) in [5, 5.41) is 13.1. The Balaban J connectivity index is 1.43. The van der Waals surface area contributed by atoms with Gasteiger partial charge >= 0.3 is 0 Å². The van der Waals surface area contributed by atoms with Gasteiger partial charge in [-0.05, 0) is 57.4 Å². The highest BCUT2D eigenvalue weighted by molar-refractivity contribution is 5.38. The highest BCUT2D eigenvalue weighted by Gasteiger charge is 2.43. The fourth-order valence-corrected chi connectivity index (χ4v) is 4.26. The average Bonchev–Trinajstić information content (AvgIpc) is 3.17. The van der Waals surface area contributed by atoms with Crippen LogP contribution in [0.1, 0.15) is 37.1 Å². The Hall–Kier alpha value is -1.95. The Morgan fingerprint density at radius 2 is 1.88 bits per heavy atom. The lowest BCUT2D eigenvalue weighted by Crippen LogP contribution is -2.52. The molecule has 128 valence electrons. The monoisotopic (exact) mass is 326 g/mol. The van der Waals surface area contributed by atoms with Gasteiger partial charge in [0, 0.05) is 38.4 Å². The van der Waals surface area contributed by atoms with E-state index in [4.69, 9.17) is 0 Å². The van der Waals surface area contributed by atoms with Crippen molar-refractivity contribution in [2.75, 3.05) is 24.5 Å². The largest absolute Gasteiger partial charge is 0.355 e. The zero-order valence-electron chi connectivity index (χ0n) is 14.6. The number of likely N-dealkylation sites (tertiary alicyclic amines) is 1. The van der Waals surface area contributed by atoms with Crippen molar-refractivity contribution in [3.05, 3.63) is 35.8 Å². The molecule has 6 heteroatoms. The zero-order chi connectivity index (χ0) is 16.6. The molecule has 2 aromatic heterocycles. The van der Waals surface area contributed by atoms with E-state index in [9.17, 15) is 0 Å². The van der Waals surface area contributed by atoms with Gasteiger partial charge in [-0.1, -0.05) is 0 Å². The van der Waals surface area contributed by atoms with Crippen LogP contribution in [0.5, 0.6) is 0 Å². The van der Waals surface area contributed by atoms with Gasteiger partial charge in [-0.15, -0.1) is 5.10 Å². The molecule has 1 spiro atoms. The van der Waals surface area contributed by atoms with E-state index < -0.39 is 0 Å². The summed E-state index contributed by atoms with van der Waals surface area (Å²) in [5.74, 6) is 1.02. The van der Waals surface area contributed by atoms with Crippen LogP contribution in [0.4, 0.5) is 5.82 Å². The lowest BCUT2D eigenvalue weighted by molar-refractivity contribution is 0.0981. The number of piperidine rings is 1. The molecular formula is C18H26N6. The Kier molecular flexibility index (Phi) is 4.00. The first-order valence-corrected chi connectivity index (χ1v) is 8.94. The van der Waals surface area contributed by atoms with Crippen LogP contribution in [0.15, 0.2) is 24.4 Å². The van der Waals surface area contributed by atoms with Crippen molar-refractivity contribution in [3.63, 3.8) is 0 Å². The molecule has 0 amide bonds. The fraction of sp³-hybridized carbons (Fsp3) is 0.611. The Labute approximate surface area is 143 Å². The van der Waals surface area contributed by atoms with Crippen molar-refractivity contribution in [1.82, 2.24) is 24.9 Å². The van der Waals surface area contributed by atoms with Gasteiger partial charge in [0.25, 0.3) is 0 Å². The highest BCUT2D eigenvalue weighted by atomic mass is 15.3. The minimum atomic E-state index is 0.353. The Morgan fingerprint density at radius 3 is 2.54 bits per heavy atom. The minimum Gasteiger partial charge on any atom is -0.355 e. The predicted octanol–water partition coefficient (Wildman–Crippen LogP) is 2.15. The third kappa shape index (κ3) is 2.90. The molecule has 0 N–H and O–H groups in total. The van der Waals surface area contributed by atoms with Crippen molar-refractivity contribution in [1.29, 1.82) is 0 Å². The van der Waals surface area contributed by atoms with Gasteiger partial charge in [-0.2, -0.15) is 10.2 Å². The molecule has 2 aliphatic heterocycles. The maximum absolute atomic E-state index is 4.57. The van der Waals surface area contributed by atoms with Crippen molar-refractivity contribution >= 4 is 5.82 Å². The molecule has 2 aliphatic rings. The normalized spacial score (nSPS) is 20.8. The predicted molar refractivity (Wildman–Crippen MR) is 93.8 cm³/mol. The smallest absolute Gasteiger partial charge is 0.151 e. The van der Waals surface area contributed by atoms with Crippen LogP contribution in [0, 0.1) is 6.92 Å². The molecule has 4 rings (SSSR count). The fourth-order valence-electron chi connectivity index (χ4n) is 4.26. The van der Waals surface area contributed by atoms with Crippen LogP contribution in [0.3, 0.4) is 0 Å². The molecule has 6 nitrogen and oxygen atoms in total. The highest BCUT2D eigenvalue weighted by Crippen LogP contribution is 2.39. The third-order valence-corrected chi connectivity index (χ3v) is 5.66. The van der Waals surface area contributed by atoms with E-state index in [1.54, 1.807) is 0 Å². The van der Waals surface area contributed by atoms with Crippen molar-refractivity contribution in [3.8, 4) is 0 Å². The summed E-state index contributed by atoms with van der Waals surface area (Å²) < 4.78 is 1.90. The van der Waals surface area contributed by atoms with Crippen molar-refractivity contribution in [2.45, 2.75) is 44.7 Å². The molecule has 0 bridgehead atoms. The molecule has 0 saturated carbocycles. The Bertz CT molecular complexity index is 684. The van der Waals surface area contributed by atoms with E-state index in [1.165, 1.54) is 37.9 Å². The average molecular weight is 326 g/mol. The summed E-state index contributed by atoms with van der Waals surface area (Å²) in [6, 6.07) is 6.29. The second-order valence-electron chi connectivity index (χ2n) is 7.25. The zero-order valence-corrected chi connectivity index (χ0v) is 14.6. The topological polar surface area (TPSA) is 50.1 Å². The first kappa shape index (κ1) is 15.6. The number of aryl methyl sites for hydroxylation is 2. The van der Waals surface area contributed by atoms with E-state index in [2.05, 4.69) is 43.3 Å². The van der Waals surface area contributed by atoms with Crippen molar-refractivity contribution in [2.24, 2.45) is 7.05 Å². The van der Waals surface area contributed by atoms with E-state index in [-0.39, 0.29) is 0 Å². The van der Waals surface area contributed by atoms with Gasteiger partial charge < -0.3 is 4.90 Å². The summed E-state index contributed by atoms with van der Waals surface area (Å²) in [6.45, 7) is 6.29. The molecule has 2 aromatic rings. The number of hydrogen-bond acceptors (Lipinski definition) is 5. The molecular weight excluding hydrogens is 300 g/mol. The van der Waals surface area contributed by atoms with Crippen LogP contribution in [-0.4, -0.2) is 50.1 Å². The summed E-state index contributed by atoms with van der Waals surface area (Å²) in [6.07, 6.45) is 7.06. The van der Waals surface area contributed by atoms with Crippen LogP contribution in [0.25, 0.3) is 0 Å². The van der Waals surface area contributed by atoms with E-state index in [0.717, 1.165) is 31.1 Å². The molecule has 0 atom stereocenters. The molecule has 0 aliphatic carbocycles. The lowest BCUT2D eigenvalue weighted by Gasteiger charge is -2.45. The number of hydrogen-bond donors (Lipinski definition) is 0. The number of aromatic nitrogens is 4. The standard InChI is InChI=1S/C18H26N6/c1-15-4-5-17(20-19-15)23-12-8-18(9-13-23)7-3-10-24(18)14-16-6-11-22(2)21-16/h4-6,11H,3,7-10,12-14H2,1-2H3. The van der Waals surface area contributed by atoms with Crippen LogP contribution < -0.4 is 4.90 Å². The molecule has 0 radical (unpaired) electrons. The second kappa shape index (κ2) is 6.16. The molecule has 4 heterocycles. The molecule has 2 fully saturated rings. The van der Waals surface area contributed by atoms with Gasteiger partial charge in [-0.25, -0.2) is 0 Å². The van der Waals surface area contributed by atoms with E-state index in [0.29, 0.717) is 5.54 Å². The van der Waals surface area contributed by atoms with Crippen LogP contribution >= 0.6 is 0 Å². The quantitative estimate of drug-likeness (QED) is 0.865.